The van der Waals surface area contributed by atoms with Crippen LogP contribution in [0.2, 0.25) is 0 Å². The molecule has 1 fully saturated rings. The maximum atomic E-state index is 11.3. The number of nitrogens with one attached hydrogen (secondary N) is 2. The summed E-state index contributed by atoms with van der Waals surface area (Å²) >= 11 is 5.39. The van der Waals surface area contributed by atoms with E-state index in [0.29, 0.717) is 6.04 Å². The van der Waals surface area contributed by atoms with Crippen LogP contribution in [-0.4, -0.2) is 30.3 Å². The molecule has 0 aromatic rings. The lowest BCUT2D eigenvalue weighted by Gasteiger charge is -2.11. The SMILES string of the molecule is O=C(CCCl)NCC(=O)NC1CCCC1. The fourth-order valence-electron chi connectivity index (χ4n) is 1.70. The van der Waals surface area contributed by atoms with Crippen molar-refractivity contribution in [3.05, 3.63) is 0 Å². The van der Waals surface area contributed by atoms with E-state index in [-0.39, 0.29) is 30.7 Å². The third-order valence-electron chi connectivity index (χ3n) is 2.49. The molecule has 1 aliphatic carbocycles. The number of hydrogen-bond acceptors (Lipinski definition) is 2. The molecule has 0 atom stereocenters. The quantitative estimate of drug-likeness (QED) is 0.689. The van der Waals surface area contributed by atoms with Crippen molar-refractivity contribution in [3.8, 4) is 0 Å². The minimum atomic E-state index is -0.174. The minimum absolute atomic E-state index is 0.0617. The van der Waals surface area contributed by atoms with Crippen molar-refractivity contribution in [2.45, 2.75) is 38.1 Å². The molecule has 0 aromatic heterocycles. The summed E-state index contributed by atoms with van der Waals surface area (Å²) in [5, 5.41) is 5.41. The zero-order valence-corrected chi connectivity index (χ0v) is 9.48. The molecule has 0 spiro atoms. The summed E-state index contributed by atoms with van der Waals surface area (Å²) in [6, 6.07) is 0.308. The van der Waals surface area contributed by atoms with Crippen LogP contribution in [0.4, 0.5) is 0 Å². The Morgan fingerprint density at radius 3 is 2.47 bits per heavy atom. The monoisotopic (exact) mass is 232 g/mol. The van der Waals surface area contributed by atoms with Crippen LogP contribution in [0.25, 0.3) is 0 Å². The maximum absolute atomic E-state index is 11.3. The molecule has 4 nitrogen and oxygen atoms in total. The summed E-state index contributed by atoms with van der Waals surface area (Å²) in [5.41, 5.74) is 0. The molecule has 2 N–H and O–H groups in total. The highest BCUT2D eigenvalue weighted by molar-refractivity contribution is 6.18. The van der Waals surface area contributed by atoms with Crippen LogP contribution in [0.1, 0.15) is 32.1 Å². The second kappa shape index (κ2) is 6.67. The Kier molecular flexibility index (Phi) is 5.47. The Morgan fingerprint density at radius 1 is 1.20 bits per heavy atom. The van der Waals surface area contributed by atoms with Crippen LogP contribution in [0.5, 0.6) is 0 Å². The van der Waals surface area contributed by atoms with Crippen molar-refractivity contribution in [2.24, 2.45) is 0 Å². The Balaban J connectivity index is 2.10. The number of hydrogen-bond donors (Lipinski definition) is 2. The van der Waals surface area contributed by atoms with Gasteiger partial charge in [0.25, 0.3) is 0 Å². The van der Waals surface area contributed by atoms with Crippen LogP contribution in [-0.2, 0) is 9.59 Å². The van der Waals surface area contributed by atoms with Gasteiger partial charge < -0.3 is 10.6 Å². The first kappa shape index (κ1) is 12.3. The lowest BCUT2D eigenvalue weighted by atomic mass is 10.2. The molecule has 0 radical (unpaired) electrons. The molecule has 0 bridgehead atoms. The molecule has 86 valence electrons. The Labute approximate surface area is 94.7 Å². The first-order valence-corrected chi connectivity index (χ1v) is 5.88. The van der Waals surface area contributed by atoms with Gasteiger partial charge in [0.15, 0.2) is 0 Å². The topological polar surface area (TPSA) is 58.2 Å². The molecule has 1 saturated carbocycles. The van der Waals surface area contributed by atoms with Crippen LogP contribution in [0.15, 0.2) is 0 Å². The van der Waals surface area contributed by atoms with E-state index >= 15 is 0 Å². The number of carbonyl (C=O) groups excluding carboxylic acids is 2. The molecule has 0 unspecified atom stereocenters. The lowest BCUT2D eigenvalue weighted by Crippen LogP contribution is -2.40. The third-order valence-corrected chi connectivity index (χ3v) is 2.68. The molecule has 1 aliphatic rings. The Bertz CT molecular complexity index is 227. The van der Waals surface area contributed by atoms with E-state index in [1.807, 2.05) is 0 Å². The van der Waals surface area contributed by atoms with E-state index in [9.17, 15) is 9.59 Å². The van der Waals surface area contributed by atoms with Crippen molar-refractivity contribution in [3.63, 3.8) is 0 Å². The summed E-state index contributed by atoms with van der Waals surface area (Å²) in [7, 11) is 0. The van der Waals surface area contributed by atoms with Gasteiger partial charge in [-0.25, -0.2) is 0 Å². The standard InChI is InChI=1S/C10H17ClN2O2/c11-6-5-9(14)12-7-10(15)13-8-3-1-2-4-8/h8H,1-7H2,(H,12,14)(H,13,15). The first-order valence-electron chi connectivity index (χ1n) is 5.34. The molecule has 2 amide bonds. The van der Waals surface area contributed by atoms with Gasteiger partial charge in [0, 0.05) is 18.3 Å². The average Bonchev–Trinajstić information content (AvgIpc) is 2.68. The van der Waals surface area contributed by atoms with E-state index in [0.717, 1.165) is 12.8 Å². The van der Waals surface area contributed by atoms with Crippen molar-refractivity contribution in [1.82, 2.24) is 10.6 Å². The highest BCUT2D eigenvalue weighted by atomic mass is 35.5. The fourth-order valence-corrected chi connectivity index (χ4v) is 1.87. The van der Waals surface area contributed by atoms with E-state index in [1.54, 1.807) is 0 Å². The second-order valence-corrected chi connectivity index (χ2v) is 4.14. The van der Waals surface area contributed by atoms with Crippen molar-refractivity contribution in [2.75, 3.05) is 12.4 Å². The number of halogens is 1. The zero-order valence-electron chi connectivity index (χ0n) is 8.72. The van der Waals surface area contributed by atoms with Crippen molar-refractivity contribution < 1.29 is 9.59 Å². The number of rotatable bonds is 5. The zero-order chi connectivity index (χ0) is 11.1. The number of amides is 2. The van der Waals surface area contributed by atoms with E-state index in [2.05, 4.69) is 10.6 Å². The van der Waals surface area contributed by atoms with Gasteiger partial charge in [0.05, 0.1) is 6.54 Å². The van der Waals surface area contributed by atoms with Crippen LogP contribution < -0.4 is 10.6 Å². The van der Waals surface area contributed by atoms with Gasteiger partial charge in [-0.2, -0.15) is 0 Å². The molecule has 0 aliphatic heterocycles. The average molecular weight is 233 g/mol. The lowest BCUT2D eigenvalue weighted by molar-refractivity contribution is -0.126. The van der Waals surface area contributed by atoms with Gasteiger partial charge in [-0.3, -0.25) is 9.59 Å². The molecular weight excluding hydrogens is 216 g/mol. The normalized spacial score (nSPS) is 16.3. The smallest absolute Gasteiger partial charge is 0.239 e. The fraction of sp³-hybridized carbons (Fsp3) is 0.800. The van der Waals surface area contributed by atoms with Gasteiger partial charge in [0.1, 0.15) is 0 Å². The molecular formula is C10H17ClN2O2. The van der Waals surface area contributed by atoms with Crippen LogP contribution in [0, 0.1) is 0 Å². The molecule has 0 heterocycles. The predicted octanol–water partition coefficient (Wildman–Crippen LogP) is 0.790. The highest BCUT2D eigenvalue weighted by Crippen LogP contribution is 2.17. The Morgan fingerprint density at radius 2 is 1.87 bits per heavy atom. The summed E-state index contributed by atoms with van der Waals surface area (Å²) in [6.07, 6.45) is 4.74. The molecule has 0 aromatic carbocycles. The summed E-state index contributed by atoms with van der Waals surface area (Å²) < 4.78 is 0. The molecule has 1 rings (SSSR count). The van der Waals surface area contributed by atoms with Gasteiger partial charge in [-0.15, -0.1) is 11.6 Å². The maximum Gasteiger partial charge on any atom is 0.239 e. The third kappa shape index (κ3) is 5.02. The Hall–Kier alpha value is -0.770. The van der Waals surface area contributed by atoms with E-state index in [4.69, 9.17) is 11.6 Å². The first-order chi connectivity index (χ1) is 7.22. The van der Waals surface area contributed by atoms with E-state index < -0.39 is 0 Å². The van der Waals surface area contributed by atoms with E-state index in [1.165, 1.54) is 12.8 Å². The number of carbonyl (C=O) groups is 2. The highest BCUT2D eigenvalue weighted by Gasteiger charge is 2.16. The van der Waals surface area contributed by atoms with Gasteiger partial charge in [0.2, 0.25) is 11.8 Å². The van der Waals surface area contributed by atoms with Gasteiger partial charge in [-0.05, 0) is 12.8 Å². The summed E-state index contributed by atoms with van der Waals surface area (Å²) in [4.78, 5) is 22.4. The second-order valence-electron chi connectivity index (χ2n) is 3.76. The summed E-state index contributed by atoms with van der Waals surface area (Å²) in [6.45, 7) is 0.0617. The van der Waals surface area contributed by atoms with Gasteiger partial charge in [-0.1, -0.05) is 12.8 Å². The minimum Gasteiger partial charge on any atom is -0.352 e. The molecule has 15 heavy (non-hydrogen) atoms. The predicted molar refractivity (Wildman–Crippen MR) is 58.7 cm³/mol. The largest absolute Gasteiger partial charge is 0.352 e. The summed E-state index contributed by atoms with van der Waals surface area (Å²) in [5.74, 6) is 0.00666. The van der Waals surface area contributed by atoms with Crippen LogP contribution in [0.3, 0.4) is 0 Å². The number of alkyl halides is 1. The van der Waals surface area contributed by atoms with Crippen molar-refractivity contribution in [1.29, 1.82) is 0 Å². The van der Waals surface area contributed by atoms with Crippen LogP contribution >= 0.6 is 11.6 Å². The molecule has 0 saturated heterocycles. The van der Waals surface area contributed by atoms with Gasteiger partial charge >= 0.3 is 0 Å². The van der Waals surface area contributed by atoms with Crippen molar-refractivity contribution >= 4 is 23.4 Å². The molecule has 5 heteroatoms.